The average Bonchev–Trinajstić information content (AvgIpc) is 2.45. The van der Waals surface area contributed by atoms with E-state index in [0.29, 0.717) is 5.69 Å². The summed E-state index contributed by atoms with van der Waals surface area (Å²) in [5.74, 6) is -0.0108. The Bertz CT molecular complexity index is 674. The summed E-state index contributed by atoms with van der Waals surface area (Å²) < 4.78 is 0. The number of hydrogen-bond donors (Lipinski definition) is 2. The van der Waals surface area contributed by atoms with Crippen molar-refractivity contribution in [1.82, 2.24) is 0 Å². The number of anilines is 2. The highest BCUT2D eigenvalue weighted by Gasteiger charge is 2.17. The molecule has 0 saturated carbocycles. The van der Waals surface area contributed by atoms with Crippen LogP contribution in [0, 0.1) is 20.8 Å². The molecule has 1 atom stereocenters. The van der Waals surface area contributed by atoms with Gasteiger partial charge in [0.15, 0.2) is 0 Å². The molecule has 0 heterocycles. The minimum atomic E-state index is -0.218. The van der Waals surface area contributed by atoms with Crippen LogP contribution in [0.1, 0.15) is 23.6 Å². The maximum Gasteiger partial charge on any atom is 0.237 e. The molecule has 1 unspecified atom stereocenters. The van der Waals surface area contributed by atoms with E-state index in [2.05, 4.69) is 24.4 Å². The Kier molecular flexibility index (Phi) is 5.14. The molecule has 4 heteroatoms. The molecule has 1 amide bonds. The highest BCUT2D eigenvalue weighted by Crippen LogP contribution is 2.30. The number of nitrogens with one attached hydrogen (secondary N) is 1. The Hall–Kier alpha value is -1.94. The van der Waals surface area contributed by atoms with Crippen LogP contribution >= 0.6 is 11.8 Å². The SMILES string of the molecule is Cc1cc(C)c(NC(=O)C(C)Sc2ccccc2N)c(C)c1. The maximum absolute atomic E-state index is 12.4. The van der Waals surface area contributed by atoms with E-state index in [0.717, 1.165) is 21.7 Å². The van der Waals surface area contributed by atoms with Crippen LogP contribution in [0.5, 0.6) is 0 Å². The fourth-order valence-corrected chi connectivity index (χ4v) is 3.34. The van der Waals surface area contributed by atoms with Crippen molar-refractivity contribution >= 4 is 29.0 Å². The normalized spacial score (nSPS) is 12.0. The molecular formula is C18H22N2OS. The van der Waals surface area contributed by atoms with Gasteiger partial charge in [-0.05, 0) is 51.0 Å². The van der Waals surface area contributed by atoms with Gasteiger partial charge in [-0.2, -0.15) is 0 Å². The molecule has 0 aromatic heterocycles. The molecule has 0 saturated heterocycles. The molecule has 0 radical (unpaired) electrons. The number of rotatable bonds is 4. The number of benzene rings is 2. The largest absolute Gasteiger partial charge is 0.398 e. The highest BCUT2D eigenvalue weighted by atomic mass is 32.2. The molecule has 2 aromatic rings. The van der Waals surface area contributed by atoms with E-state index in [9.17, 15) is 4.79 Å². The number of hydrogen-bond acceptors (Lipinski definition) is 3. The van der Waals surface area contributed by atoms with Gasteiger partial charge in [0, 0.05) is 16.3 Å². The molecule has 3 N–H and O–H groups in total. The van der Waals surface area contributed by atoms with Gasteiger partial charge in [0.05, 0.1) is 5.25 Å². The number of amides is 1. The predicted octanol–water partition coefficient (Wildman–Crippen LogP) is 4.31. The van der Waals surface area contributed by atoms with Crippen LogP contribution in [-0.4, -0.2) is 11.2 Å². The number of aryl methyl sites for hydroxylation is 3. The molecule has 0 fully saturated rings. The van der Waals surface area contributed by atoms with Gasteiger partial charge >= 0.3 is 0 Å². The summed E-state index contributed by atoms with van der Waals surface area (Å²) in [7, 11) is 0. The summed E-state index contributed by atoms with van der Waals surface area (Å²) in [5, 5.41) is 2.83. The first kappa shape index (κ1) is 16.4. The summed E-state index contributed by atoms with van der Waals surface area (Å²) in [5.41, 5.74) is 10.9. The summed E-state index contributed by atoms with van der Waals surface area (Å²) in [6.45, 7) is 7.98. The van der Waals surface area contributed by atoms with E-state index in [4.69, 9.17) is 5.73 Å². The maximum atomic E-state index is 12.4. The van der Waals surface area contributed by atoms with Crippen molar-refractivity contribution in [1.29, 1.82) is 0 Å². The molecule has 0 spiro atoms. The molecule has 0 aliphatic carbocycles. The lowest BCUT2D eigenvalue weighted by Gasteiger charge is -2.16. The fourth-order valence-electron chi connectivity index (χ4n) is 2.43. The Morgan fingerprint density at radius 1 is 1.14 bits per heavy atom. The molecule has 2 aromatic carbocycles. The van der Waals surface area contributed by atoms with E-state index in [1.54, 1.807) is 0 Å². The second kappa shape index (κ2) is 6.88. The van der Waals surface area contributed by atoms with Gasteiger partial charge in [0.2, 0.25) is 5.91 Å². The van der Waals surface area contributed by atoms with E-state index < -0.39 is 0 Å². The lowest BCUT2D eigenvalue weighted by molar-refractivity contribution is -0.115. The molecule has 0 bridgehead atoms. The van der Waals surface area contributed by atoms with Gasteiger partial charge in [-0.15, -0.1) is 11.8 Å². The first-order valence-corrected chi connectivity index (χ1v) is 8.16. The van der Waals surface area contributed by atoms with Gasteiger partial charge in [0.25, 0.3) is 0 Å². The standard InChI is InChI=1S/C18H22N2OS/c1-11-9-12(2)17(13(3)10-11)20-18(21)14(4)22-16-8-6-5-7-15(16)19/h5-10,14H,19H2,1-4H3,(H,20,21). The second-order valence-electron chi connectivity index (χ2n) is 5.56. The van der Waals surface area contributed by atoms with Crippen molar-refractivity contribution in [2.45, 2.75) is 37.8 Å². The van der Waals surface area contributed by atoms with E-state index >= 15 is 0 Å². The summed E-state index contributed by atoms with van der Waals surface area (Å²) in [6, 6.07) is 11.8. The van der Waals surface area contributed by atoms with Crippen molar-refractivity contribution in [2.75, 3.05) is 11.1 Å². The molecule has 0 aliphatic rings. The van der Waals surface area contributed by atoms with Crippen LogP contribution in [-0.2, 0) is 4.79 Å². The predicted molar refractivity (Wildman–Crippen MR) is 95.5 cm³/mol. The minimum Gasteiger partial charge on any atom is -0.398 e. The second-order valence-corrected chi connectivity index (χ2v) is 6.94. The van der Waals surface area contributed by atoms with Gasteiger partial charge in [-0.25, -0.2) is 0 Å². The van der Waals surface area contributed by atoms with Crippen molar-refractivity contribution in [2.24, 2.45) is 0 Å². The highest BCUT2D eigenvalue weighted by molar-refractivity contribution is 8.00. The van der Waals surface area contributed by atoms with Crippen LogP contribution in [0.15, 0.2) is 41.3 Å². The number of nitrogen functional groups attached to an aromatic ring is 1. The zero-order valence-electron chi connectivity index (χ0n) is 13.4. The zero-order valence-corrected chi connectivity index (χ0v) is 14.3. The molecule has 3 nitrogen and oxygen atoms in total. The smallest absolute Gasteiger partial charge is 0.237 e. The van der Waals surface area contributed by atoms with E-state index in [-0.39, 0.29) is 11.2 Å². The van der Waals surface area contributed by atoms with Crippen molar-refractivity contribution in [3.8, 4) is 0 Å². The van der Waals surface area contributed by atoms with Crippen molar-refractivity contribution in [3.05, 3.63) is 53.1 Å². The number of nitrogens with two attached hydrogens (primary N) is 1. The number of para-hydroxylation sites is 1. The zero-order chi connectivity index (χ0) is 16.3. The lowest BCUT2D eigenvalue weighted by atomic mass is 10.1. The fraction of sp³-hybridized carbons (Fsp3) is 0.278. The Morgan fingerprint density at radius 2 is 1.73 bits per heavy atom. The number of carbonyl (C=O) groups is 1. The minimum absolute atomic E-state index is 0.0108. The lowest BCUT2D eigenvalue weighted by Crippen LogP contribution is -2.23. The van der Waals surface area contributed by atoms with Crippen LogP contribution < -0.4 is 11.1 Å². The third-order valence-corrected chi connectivity index (χ3v) is 4.71. The molecule has 22 heavy (non-hydrogen) atoms. The van der Waals surface area contributed by atoms with Crippen LogP contribution in [0.4, 0.5) is 11.4 Å². The summed E-state index contributed by atoms with van der Waals surface area (Å²) in [6.07, 6.45) is 0. The average molecular weight is 314 g/mol. The Morgan fingerprint density at radius 3 is 2.32 bits per heavy atom. The molecule has 0 aliphatic heterocycles. The summed E-state index contributed by atoms with van der Waals surface area (Å²) in [4.78, 5) is 13.4. The summed E-state index contributed by atoms with van der Waals surface area (Å²) >= 11 is 1.48. The third-order valence-electron chi connectivity index (χ3n) is 3.52. The topological polar surface area (TPSA) is 55.1 Å². The van der Waals surface area contributed by atoms with Crippen molar-refractivity contribution in [3.63, 3.8) is 0 Å². The number of thioether (sulfide) groups is 1. The third kappa shape index (κ3) is 3.83. The van der Waals surface area contributed by atoms with E-state index in [1.165, 1.54) is 17.3 Å². The molecule has 116 valence electrons. The van der Waals surface area contributed by atoms with Crippen LogP contribution in [0.25, 0.3) is 0 Å². The van der Waals surface area contributed by atoms with Crippen LogP contribution in [0.3, 0.4) is 0 Å². The Labute approximate surface area is 136 Å². The van der Waals surface area contributed by atoms with Gasteiger partial charge in [0.1, 0.15) is 0 Å². The van der Waals surface area contributed by atoms with Crippen molar-refractivity contribution < 1.29 is 4.79 Å². The monoisotopic (exact) mass is 314 g/mol. The molecular weight excluding hydrogens is 292 g/mol. The van der Waals surface area contributed by atoms with E-state index in [1.807, 2.05) is 45.0 Å². The van der Waals surface area contributed by atoms with Gasteiger partial charge in [-0.3, -0.25) is 4.79 Å². The first-order valence-electron chi connectivity index (χ1n) is 7.28. The molecule has 2 rings (SSSR count). The first-order chi connectivity index (χ1) is 10.4. The van der Waals surface area contributed by atoms with Crippen LogP contribution in [0.2, 0.25) is 0 Å². The Balaban J connectivity index is 2.11. The quantitative estimate of drug-likeness (QED) is 0.653. The van der Waals surface area contributed by atoms with Gasteiger partial charge in [-0.1, -0.05) is 29.8 Å². The van der Waals surface area contributed by atoms with Gasteiger partial charge < -0.3 is 11.1 Å². The number of carbonyl (C=O) groups excluding carboxylic acids is 1.